The monoisotopic (exact) mass is 267 g/mol. The maximum absolute atomic E-state index is 9.76. The Morgan fingerprint density at radius 3 is 2.30 bits per heavy atom. The van der Waals surface area contributed by atoms with Crippen LogP contribution in [0, 0.1) is 12.3 Å². The van der Waals surface area contributed by atoms with Gasteiger partial charge in [0.25, 0.3) is 0 Å². The van der Waals surface area contributed by atoms with Crippen LogP contribution in [0.5, 0.6) is 5.75 Å². The van der Waals surface area contributed by atoms with Crippen molar-refractivity contribution in [2.45, 2.75) is 5.54 Å². The van der Waals surface area contributed by atoms with Crippen molar-refractivity contribution in [1.29, 1.82) is 0 Å². The van der Waals surface area contributed by atoms with Gasteiger partial charge in [0, 0.05) is 5.69 Å². The van der Waals surface area contributed by atoms with E-state index in [4.69, 9.17) is 11.2 Å². The average molecular weight is 267 g/mol. The normalized spacial score (nSPS) is 13.1. The van der Waals surface area contributed by atoms with Crippen molar-refractivity contribution in [1.82, 2.24) is 0 Å². The van der Waals surface area contributed by atoms with E-state index in [1.54, 1.807) is 7.11 Å². The lowest BCUT2D eigenvalue weighted by Gasteiger charge is -2.29. The van der Waals surface area contributed by atoms with Crippen LogP contribution < -0.4 is 10.1 Å². The second-order valence-corrected chi connectivity index (χ2v) is 4.43. The molecule has 20 heavy (non-hydrogen) atoms. The largest absolute Gasteiger partial charge is 0.497 e. The number of rotatable bonds is 5. The number of terminal acetylenes is 1. The lowest BCUT2D eigenvalue weighted by molar-refractivity contribution is 0.246. The first-order chi connectivity index (χ1) is 9.74. The summed E-state index contributed by atoms with van der Waals surface area (Å²) in [5.74, 6) is 3.44. The molecule has 2 aromatic rings. The number of aliphatic hydroxyl groups excluding tert-OH is 1. The van der Waals surface area contributed by atoms with Crippen LogP contribution in [-0.4, -0.2) is 18.8 Å². The Bertz CT molecular complexity index is 587. The molecule has 0 aliphatic heterocycles. The fourth-order valence-electron chi connectivity index (χ4n) is 2.01. The van der Waals surface area contributed by atoms with E-state index in [0.717, 1.165) is 17.0 Å². The highest BCUT2D eigenvalue weighted by Gasteiger charge is 2.28. The summed E-state index contributed by atoms with van der Waals surface area (Å²) in [6.45, 7) is -0.195. The Kier molecular flexibility index (Phi) is 4.29. The molecule has 0 radical (unpaired) electrons. The van der Waals surface area contributed by atoms with Gasteiger partial charge in [0.2, 0.25) is 0 Å². The molecule has 0 aliphatic rings. The van der Waals surface area contributed by atoms with Gasteiger partial charge in [-0.3, -0.25) is 0 Å². The summed E-state index contributed by atoms with van der Waals surface area (Å²) in [6, 6.07) is 16.9. The van der Waals surface area contributed by atoms with Crippen molar-refractivity contribution in [3.63, 3.8) is 0 Å². The first-order valence-corrected chi connectivity index (χ1v) is 6.30. The number of methoxy groups -OCH3 is 1. The van der Waals surface area contributed by atoms with Gasteiger partial charge in [0.15, 0.2) is 0 Å². The van der Waals surface area contributed by atoms with E-state index in [-0.39, 0.29) is 6.61 Å². The third-order valence-electron chi connectivity index (χ3n) is 3.20. The van der Waals surface area contributed by atoms with Crippen LogP contribution in [0.3, 0.4) is 0 Å². The summed E-state index contributed by atoms with van der Waals surface area (Å²) in [7, 11) is 1.62. The lowest BCUT2D eigenvalue weighted by atomic mass is 9.91. The number of anilines is 1. The van der Waals surface area contributed by atoms with E-state index in [1.165, 1.54) is 0 Å². The predicted molar refractivity (Wildman–Crippen MR) is 80.7 cm³/mol. The second-order valence-electron chi connectivity index (χ2n) is 4.43. The molecule has 0 heterocycles. The van der Waals surface area contributed by atoms with Crippen LogP contribution in [-0.2, 0) is 5.54 Å². The Hall–Kier alpha value is -2.44. The number of hydrogen-bond acceptors (Lipinski definition) is 3. The minimum absolute atomic E-state index is 0.195. The number of ether oxygens (including phenoxy) is 1. The topological polar surface area (TPSA) is 41.5 Å². The molecular formula is C17H17NO2. The van der Waals surface area contributed by atoms with Crippen LogP contribution in [0.15, 0.2) is 54.6 Å². The molecule has 3 heteroatoms. The first kappa shape index (κ1) is 14.0. The molecule has 0 saturated heterocycles. The maximum Gasteiger partial charge on any atom is 0.148 e. The van der Waals surface area contributed by atoms with Crippen molar-refractivity contribution in [3.8, 4) is 18.1 Å². The fourth-order valence-corrected chi connectivity index (χ4v) is 2.01. The molecule has 0 spiro atoms. The van der Waals surface area contributed by atoms with E-state index in [9.17, 15) is 5.11 Å². The summed E-state index contributed by atoms with van der Waals surface area (Å²) < 4.78 is 5.12. The summed E-state index contributed by atoms with van der Waals surface area (Å²) in [4.78, 5) is 0. The minimum Gasteiger partial charge on any atom is -0.497 e. The van der Waals surface area contributed by atoms with Crippen molar-refractivity contribution in [2.24, 2.45) is 0 Å². The molecule has 0 aliphatic carbocycles. The van der Waals surface area contributed by atoms with Gasteiger partial charge in [-0.15, -0.1) is 6.42 Å². The van der Waals surface area contributed by atoms with Gasteiger partial charge in [-0.2, -0.15) is 0 Å². The van der Waals surface area contributed by atoms with Crippen LogP contribution in [0.4, 0.5) is 5.69 Å². The van der Waals surface area contributed by atoms with Crippen molar-refractivity contribution in [2.75, 3.05) is 19.0 Å². The molecular weight excluding hydrogens is 250 g/mol. The highest BCUT2D eigenvalue weighted by atomic mass is 16.5. The zero-order chi connectivity index (χ0) is 14.4. The second kappa shape index (κ2) is 6.14. The summed E-state index contributed by atoms with van der Waals surface area (Å²) in [5, 5.41) is 13.0. The average Bonchev–Trinajstić information content (AvgIpc) is 2.54. The number of aliphatic hydroxyl groups is 1. The number of hydrogen-bond donors (Lipinski definition) is 2. The highest BCUT2D eigenvalue weighted by molar-refractivity contribution is 5.53. The summed E-state index contributed by atoms with van der Waals surface area (Å²) in [5.41, 5.74) is 0.734. The molecule has 0 unspecified atom stereocenters. The van der Waals surface area contributed by atoms with Gasteiger partial charge in [-0.05, 0) is 29.8 Å². The molecule has 2 aromatic carbocycles. The summed E-state index contributed by atoms with van der Waals surface area (Å²) in [6.07, 6.45) is 5.66. The minimum atomic E-state index is -0.935. The Labute approximate surface area is 119 Å². The van der Waals surface area contributed by atoms with Gasteiger partial charge >= 0.3 is 0 Å². The SMILES string of the molecule is C#C[C@@](CO)(Nc1ccc(OC)cc1)c1ccccc1. The molecule has 0 amide bonds. The Morgan fingerprint density at radius 1 is 1.15 bits per heavy atom. The molecule has 2 rings (SSSR count). The number of nitrogens with one attached hydrogen (secondary N) is 1. The van der Waals surface area contributed by atoms with E-state index in [0.29, 0.717) is 0 Å². The Balaban J connectivity index is 2.32. The molecule has 0 saturated carbocycles. The van der Waals surface area contributed by atoms with E-state index in [2.05, 4.69) is 11.2 Å². The molecule has 0 aromatic heterocycles. The van der Waals surface area contributed by atoms with Crippen LogP contribution in [0.1, 0.15) is 5.56 Å². The van der Waals surface area contributed by atoms with Crippen LogP contribution >= 0.6 is 0 Å². The van der Waals surface area contributed by atoms with Crippen LogP contribution in [0.25, 0.3) is 0 Å². The maximum atomic E-state index is 9.76. The van der Waals surface area contributed by atoms with Crippen LogP contribution in [0.2, 0.25) is 0 Å². The third-order valence-corrected chi connectivity index (χ3v) is 3.20. The quantitative estimate of drug-likeness (QED) is 0.818. The molecule has 0 fully saturated rings. The van der Waals surface area contributed by atoms with Gasteiger partial charge in [0.05, 0.1) is 13.7 Å². The van der Waals surface area contributed by atoms with Gasteiger partial charge in [0.1, 0.15) is 11.3 Å². The van der Waals surface area contributed by atoms with Crippen molar-refractivity contribution in [3.05, 3.63) is 60.2 Å². The smallest absolute Gasteiger partial charge is 0.148 e. The molecule has 0 bridgehead atoms. The molecule has 1 atom stereocenters. The van der Waals surface area contributed by atoms with E-state index in [1.807, 2.05) is 54.6 Å². The zero-order valence-corrected chi connectivity index (χ0v) is 11.3. The van der Waals surface area contributed by atoms with Gasteiger partial charge in [-0.25, -0.2) is 0 Å². The zero-order valence-electron chi connectivity index (χ0n) is 11.3. The predicted octanol–water partition coefficient (Wildman–Crippen LogP) is 2.63. The van der Waals surface area contributed by atoms with Gasteiger partial charge < -0.3 is 15.2 Å². The Morgan fingerprint density at radius 2 is 1.80 bits per heavy atom. The third kappa shape index (κ3) is 2.76. The fraction of sp³-hybridized carbons (Fsp3) is 0.176. The van der Waals surface area contributed by atoms with Crippen molar-refractivity contribution >= 4 is 5.69 Å². The number of benzene rings is 2. The molecule has 102 valence electrons. The van der Waals surface area contributed by atoms with E-state index < -0.39 is 5.54 Å². The molecule has 2 N–H and O–H groups in total. The standard InChI is InChI=1S/C17H17NO2/c1-3-17(13-19,14-7-5-4-6-8-14)18-15-9-11-16(20-2)12-10-15/h1,4-12,18-19H,13H2,2H3/t17-/m0/s1. The lowest BCUT2D eigenvalue weighted by Crippen LogP contribution is -2.37. The van der Waals surface area contributed by atoms with Crippen molar-refractivity contribution < 1.29 is 9.84 Å². The summed E-state index contributed by atoms with van der Waals surface area (Å²) >= 11 is 0. The van der Waals surface area contributed by atoms with Gasteiger partial charge in [-0.1, -0.05) is 36.3 Å². The first-order valence-electron chi connectivity index (χ1n) is 6.30. The van der Waals surface area contributed by atoms with E-state index >= 15 is 0 Å². The highest BCUT2D eigenvalue weighted by Crippen LogP contribution is 2.26. The molecule has 3 nitrogen and oxygen atoms in total.